The highest BCUT2D eigenvalue weighted by Gasteiger charge is 2.24. The highest BCUT2D eigenvalue weighted by atomic mass is 16.2. The number of rotatable bonds is 2. The molecule has 1 aromatic heterocycles. The van der Waals surface area contributed by atoms with E-state index in [4.69, 9.17) is 5.26 Å². The third-order valence-corrected chi connectivity index (χ3v) is 5.22. The molecule has 2 heterocycles. The van der Waals surface area contributed by atoms with Gasteiger partial charge in [-0.05, 0) is 54.3 Å². The van der Waals surface area contributed by atoms with Crippen LogP contribution in [0.25, 0.3) is 22.0 Å². The van der Waals surface area contributed by atoms with Crippen molar-refractivity contribution in [2.24, 2.45) is 13.0 Å². The number of nitrogens with zero attached hydrogens (tertiary/aromatic N) is 3. The van der Waals surface area contributed by atoms with Gasteiger partial charge in [0.25, 0.3) is 5.91 Å². The summed E-state index contributed by atoms with van der Waals surface area (Å²) in [6.45, 7) is 1.27. The fourth-order valence-corrected chi connectivity index (χ4v) is 3.74. The van der Waals surface area contributed by atoms with Crippen LogP contribution in [0.3, 0.4) is 0 Å². The summed E-state index contributed by atoms with van der Waals surface area (Å²) in [5.41, 5.74) is 4.02. The summed E-state index contributed by atoms with van der Waals surface area (Å²) in [6, 6.07) is 18.6. The van der Waals surface area contributed by atoms with Gasteiger partial charge in [-0.3, -0.25) is 4.79 Å². The Kier molecular flexibility index (Phi) is 4.22. The largest absolute Gasteiger partial charge is 0.351 e. The van der Waals surface area contributed by atoms with Crippen molar-refractivity contribution in [2.45, 2.75) is 12.8 Å². The number of fused-ring (bicyclic) bond motifs is 1. The Hall–Kier alpha value is -3.06. The molecule has 0 spiro atoms. The number of hydrogen-bond acceptors (Lipinski definition) is 2. The average molecular weight is 343 g/mol. The predicted molar refractivity (Wildman–Crippen MR) is 103 cm³/mol. The summed E-state index contributed by atoms with van der Waals surface area (Å²) < 4.78 is 2.10. The maximum atomic E-state index is 12.9. The summed E-state index contributed by atoms with van der Waals surface area (Å²) in [4.78, 5) is 14.7. The minimum atomic E-state index is -0.0450. The van der Waals surface area contributed by atoms with E-state index in [0.717, 1.165) is 30.5 Å². The first kappa shape index (κ1) is 16.4. The zero-order valence-corrected chi connectivity index (χ0v) is 14.9. The summed E-state index contributed by atoms with van der Waals surface area (Å²) in [7, 11) is 2.04. The van der Waals surface area contributed by atoms with Gasteiger partial charge in [0.05, 0.1) is 12.0 Å². The number of piperidine rings is 1. The molecule has 3 aromatic rings. The Morgan fingerprint density at radius 1 is 1.15 bits per heavy atom. The Bertz CT molecular complexity index is 1010. The minimum Gasteiger partial charge on any atom is -0.351 e. The molecule has 0 aliphatic carbocycles. The highest BCUT2D eigenvalue weighted by Crippen LogP contribution is 2.26. The van der Waals surface area contributed by atoms with E-state index in [1.807, 2.05) is 36.2 Å². The minimum absolute atomic E-state index is 0.0209. The number of hydrogen-bond donors (Lipinski definition) is 0. The van der Waals surface area contributed by atoms with E-state index >= 15 is 0 Å². The molecule has 1 amide bonds. The van der Waals surface area contributed by atoms with Gasteiger partial charge in [0.15, 0.2) is 0 Å². The van der Waals surface area contributed by atoms with Gasteiger partial charge in [-0.15, -0.1) is 0 Å². The van der Waals surface area contributed by atoms with Gasteiger partial charge in [0.1, 0.15) is 0 Å². The Balaban J connectivity index is 1.63. The first-order chi connectivity index (χ1) is 12.7. The molecule has 0 saturated carbocycles. The lowest BCUT2D eigenvalue weighted by molar-refractivity contribution is 0.0699. The maximum Gasteiger partial charge on any atom is 0.253 e. The molecule has 1 unspecified atom stereocenters. The van der Waals surface area contributed by atoms with Crippen LogP contribution >= 0.6 is 0 Å². The zero-order valence-electron chi connectivity index (χ0n) is 14.9. The van der Waals surface area contributed by atoms with Gasteiger partial charge in [0.2, 0.25) is 0 Å². The van der Waals surface area contributed by atoms with Crippen molar-refractivity contribution in [3.63, 3.8) is 0 Å². The summed E-state index contributed by atoms with van der Waals surface area (Å²) in [6.07, 6.45) is 3.84. The van der Waals surface area contributed by atoms with Gasteiger partial charge in [-0.2, -0.15) is 5.26 Å². The van der Waals surface area contributed by atoms with Crippen LogP contribution in [0.1, 0.15) is 23.2 Å². The SMILES string of the molecule is Cn1ccc2cc(-c3cccc(C(=O)N4CCCC(C#N)C4)c3)ccc21. The second-order valence-electron chi connectivity index (χ2n) is 7.00. The van der Waals surface area contributed by atoms with Crippen molar-refractivity contribution in [1.29, 1.82) is 5.26 Å². The first-order valence-corrected chi connectivity index (χ1v) is 9.00. The molecule has 4 heteroatoms. The monoisotopic (exact) mass is 343 g/mol. The Labute approximate surface area is 153 Å². The van der Waals surface area contributed by atoms with Crippen molar-refractivity contribution in [1.82, 2.24) is 9.47 Å². The van der Waals surface area contributed by atoms with Crippen LogP contribution < -0.4 is 0 Å². The second kappa shape index (κ2) is 6.68. The number of nitriles is 1. The van der Waals surface area contributed by atoms with E-state index in [-0.39, 0.29) is 11.8 Å². The molecule has 1 fully saturated rings. The quantitative estimate of drug-likeness (QED) is 0.699. The highest BCUT2D eigenvalue weighted by molar-refractivity contribution is 5.96. The van der Waals surface area contributed by atoms with Crippen molar-refractivity contribution >= 4 is 16.8 Å². The lowest BCUT2D eigenvalue weighted by Crippen LogP contribution is -2.39. The third-order valence-electron chi connectivity index (χ3n) is 5.22. The lowest BCUT2D eigenvalue weighted by Gasteiger charge is -2.29. The smallest absolute Gasteiger partial charge is 0.253 e. The fourth-order valence-electron chi connectivity index (χ4n) is 3.74. The van der Waals surface area contributed by atoms with Crippen LogP contribution in [-0.4, -0.2) is 28.5 Å². The van der Waals surface area contributed by atoms with Gasteiger partial charge in [-0.1, -0.05) is 18.2 Å². The van der Waals surface area contributed by atoms with Crippen molar-refractivity contribution in [3.8, 4) is 17.2 Å². The number of carbonyl (C=O) groups is 1. The van der Waals surface area contributed by atoms with E-state index in [1.54, 1.807) is 0 Å². The molecule has 4 nitrogen and oxygen atoms in total. The molecule has 130 valence electrons. The number of benzene rings is 2. The predicted octanol–water partition coefficient (Wildman–Crippen LogP) is 4.22. The average Bonchev–Trinajstić information content (AvgIpc) is 3.08. The number of aryl methyl sites for hydroxylation is 1. The third kappa shape index (κ3) is 2.97. The van der Waals surface area contributed by atoms with Crippen LogP contribution in [0, 0.1) is 17.2 Å². The molecule has 4 rings (SSSR count). The maximum absolute atomic E-state index is 12.9. The van der Waals surface area contributed by atoms with Gasteiger partial charge in [-0.25, -0.2) is 0 Å². The molecular weight excluding hydrogens is 322 g/mol. The van der Waals surface area contributed by atoms with Gasteiger partial charge < -0.3 is 9.47 Å². The number of carbonyl (C=O) groups excluding carboxylic acids is 1. The molecular formula is C22H21N3O. The fraction of sp³-hybridized carbons (Fsp3) is 0.273. The number of aromatic nitrogens is 1. The van der Waals surface area contributed by atoms with Crippen molar-refractivity contribution in [2.75, 3.05) is 13.1 Å². The van der Waals surface area contributed by atoms with Crippen molar-refractivity contribution < 1.29 is 4.79 Å². The van der Waals surface area contributed by atoms with E-state index in [9.17, 15) is 4.79 Å². The molecule has 1 saturated heterocycles. The molecule has 1 atom stereocenters. The molecule has 1 aliphatic rings. The van der Waals surface area contributed by atoms with Crippen LogP contribution in [0.5, 0.6) is 0 Å². The van der Waals surface area contributed by atoms with E-state index in [1.165, 1.54) is 10.9 Å². The molecule has 0 bridgehead atoms. The van der Waals surface area contributed by atoms with E-state index in [0.29, 0.717) is 12.1 Å². The summed E-state index contributed by atoms with van der Waals surface area (Å²) in [5.74, 6) is -0.0241. The molecule has 0 radical (unpaired) electrons. The number of amides is 1. The van der Waals surface area contributed by atoms with Gasteiger partial charge in [0, 0.05) is 42.8 Å². The van der Waals surface area contributed by atoms with Crippen LogP contribution in [0.4, 0.5) is 0 Å². The van der Waals surface area contributed by atoms with E-state index < -0.39 is 0 Å². The first-order valence-electron chi connectivity index (χ1n) is 9.00. The summed E-state index contributed by atoms with van der Waals surface area (Å²) in [5, 5.41) is 10.3. The topological polar surface area (TPSA) is 49.0 Å². The Morgan fingerprint density at radius 3 is 2.85 bits per heavy atom. The van der Waals surface area contributed by atoms with Gasteiger partial charge >= 0.3 is 0 Å². The standard InChI is InChI=1S/C22H21N3O/c1-24-11-9-19-12-18(7-8-21(19)24)17-5-2-6-20(13-17)22(26)25-10-3-4-16(14-23)15-25/h2,5-9,11-13,16H,3-4,10,15H2,1H3. The zero-order chi connectivity index (χ0) is 18.1. The van der Waals surface area contributed by atoms with E-state index in [2.05, 4.69) is 41.1 Å². The number of likely N-dealkylation sites (tertiary alicyclic amines) is 1. The van der Waals surface area contributed by atoms with Crippen LogP contribution in [0.2, 0.25) is 0 Å². The van der Waals surface area contributed by atoms with Crippen LogP contribution in [0.15, 0.2) is 54.7 Å². The van der Waals surface area contributed by atoms with Crippen LogP contribution in [-0.2, 0) is 7.05 Å². The molecule has 26 heavy (non-hydrogen) atoms. The lowest BCUT2D eigenvalue weighted by atomic mass is 9.98. The molecule has 1 aliphatic heterocycles. The Morgan fingerprint density at radius 2 is 2.00 bits per heavy atom. The molecule has 2 aromatic carbocycles. The second-order valence-corrected chi connectivity index (χ2v) is 7.00. The summed E-state index contributed by atoms with van der Waals surface area (Å²) >= 11 is 0. The van der Waals surface area contributed by atoms with Crippen molar-refractivity contribution in [3.05, 3.63) is 60.3 Å². The molecule has 0 N–H and O–H groups in total. The normalized spacial score (nSPS) is 17.2.